The highest BCUT2D eigenvalue weighted by atomic mass is 15.0. The molecular formula is C9H16N4. The number of hydrogen-bond acceptors (Lipinski definition) is 4. The molecule has 4 nitrogen and oxygen atoms in total. The van der Waals surface area contributed by atoms with Gasteiger partial charge in [0.1, 0.15) is 11.6 Å². The predicted octanol–water partition coefficient (Wildman–Crippen LogP) is 1.52. The molecule has 13 heavy (non-hydrogen) atoms. The van der Waals surface area contributed by atoms with Crippen LogP contribution < -0.4 is 11.1 Å². The SMILES string of the molecule is CCC(C)CNc1cncc(N)n1. The standard InChI is InChI=1S/C9H16N4/c1-3-7(2)4-12-9-6-11-5-8(10)13-9/h5-7H,3-4H2,1-2H3,(H3,10,12,13). The van der Waals surface area contributed by atoms with Crippen LogP contribution in [0.5, 0.6) is 0 Å². The van der Waals surface area contributed by atoms with Crippen molar-refractivity contribution in [1.82, 2.24) is 9.97 Å². The summed E-state index contributed by atoms with van der Waals surface area (Å²) in [5.41, 5.74) is 5.48. The maximum absolute atomic E-state index is 5.48. The second-order valence-electron chi connectivity index (χ2n) is 3.22. The van der Waals surface area contributed by atoms with Crippen molar-refractivity contribution in [1.29, 1.82) is 0 Å². The number of aromatic nitrogens is 2. The molecule has 1 rings (SSSR count). The fourth-order valence-electron chi connectivity index (χ4n) is 0.889. The first-order valence-electron chi connectivity index (χ1n) is 4.53. The summed E-state index contributed by atoms with van der Waals surface area (Å²) in [5, 5.41) is 3.18. The number of nitrogens with zero attached hydrogens (tertiary/aromatic N) is 2. The van der Waals surface area contributed by atoms with E-state index in [1.165, 1.54) is 6.20 Å². The zero-order chi connectivity index (χ0) is 9.68. The Bertz CT molecular complexity index is 262. The Kier molecular flexibility index (Phi) is 3.49. The zero-order valence-corrected chi connectivity index (χ0v) is 8.12. The van der Waals surface area contributed by atoms with Crippen molar-refractivity contribution in [3.05, 3.63) is 12.4 Å². The minimum Gasteiger partial charge on any atom is -0.382 e. The van der Waals surface area contributed by atoms with E-state index in [0.29, 0.717) is 11.7 Å². The first-order chi connectivity index (χ1) is 6.22. The van der Waals surface area contributed by atoms with Crippen molar-refractivity contribution >= 4 is 11.6 Å². The van der Waals surface area contributed by atoms with E-state index in [9.17, 15) is 0 Å². The Morgan fingerprint density at radius 2 is 2.31 bits per heavy atom. The molecule has 1 aromatic rings. The van der Waals surface area contributed by atoms with Gasteiger partial charge in [-0.2, -0.15) is 0 Å². The summed E-state index contributed by atoms with van der Waals surface area (Å²) in [6, 6.07) is 0. The van der Waals surface area contributed by atoms with E-state index in [2.05, 4.69) is 29.1 Å². The molecule has 72 valence electrons. The summed E-state index contributed by atoms with van der Waals surface area (Å²) in [6.07, 6.45) is 4.37. The van der Waals surface area contributed by atoms with Gasteiger partial charge in [0.25, 0.3) is 0 Å². The molecule has 0 fully saturated rings. The Labute approximate surface area is 78.6 Å². The maximum atomic E-state index is 5.48. The van der Waals surface area contributed by atoms with Gasteiger partial charge in [0.15, 0.2) is 0 Å². The molecule has 0 bridgehead atoms. The number of anilines is 2. The molecular weight excluding hydrogens is 164 g/mol. The van der Waals surface area contributed by atoms with Gasteiger partial charge in [0.05, 0.1) is 12.4 Å². The zero-order valence-electron chi connectivity index (χ0n) is 8.12. The lowest BCUT2D eigenvalue weighted by molar-refractivity contribution is 0.592. The first-order valence-corrected chi connectivity index (χ1v) is 4.53. The normalized spacial score (nSPS) is 12.5. The number of hydrogen-bond donors (Lipinski definition) is 2. The lowest BCUT2D eigenvalue weighted by atomic mass is 10.1. The summed E-state index contributed by atoms with van der Waals surface area (Å²) < 4.78 is 0. The van der Waals surface area contributed by atoms with E-state index in [4.69, 9.17) is 5.73 Å². The van der Waals surface area contributed by atoms with Crippen LogP contribution in [0.25, 0.3) is 0 Å². The van der Waals surface area contributed by atoms with Crippen molar-refractivity contribution < 1.29 is 0 Å². The van der Waals surface area contributed by atoms with Crippen LogP contribution in [0, 0.1) is 5.92 Å². The van der Waals surface area contributed by atoms with E-state index in [-0.39, 0.29) is 0 Å². The molecule has 3 N–H and O–H groups in total. The van der Waals surface area contributed by atoms with Crippen molar-refractivity contribution in [2.45, 2.75) is 20.3 Å². The van der Waals surface area contributed by atoms with Crippen molar-refractivity contribution in [2.24, 2.45) is 5.92 Å². The van der Waals surface area contributed by atoms with Crippen LogP contribution in [0.4, 0.5) is 11.6 Å². The second-order valence-corrected chi connectivity index (χ2v) is 3.22. The molecule has 0 aliphatic rings. The lowest BCUT2D eigenvalue weighted by Crippen LogP contribution is -2.11. The van der Waals surface area contributed by atoms with Crippen LogP contribution in [-0.2, 0) is 0 Å². The highest BCUT2D eigenvalue weighted by Gasteiger charge is 1.99. The molecule has 0 aliphatic carbocycles. The Balaban J connectivity index is 2.45. The summed E-state index contributed by atoms with van der Waals surface area (Å²) >= 11 is 0. The third kappa shape index (κ3) is 3.27. The number of nitrogen functional groups attached to an aromatic ring is 1. The summed E-state index contributed by atoms with van der Waals surface area (Å²) in [4.78, 5) is 8.02. The Morgan fingerprint density at radius 3 is 2.92 bits per heavy atom. The fourth-order valence-corrected chi connectivity index (χ4v) is 0.889. The van der Waals surface area contributed by atoms with Gasteiger partial charge in [-0.25, -0.2) is 4.98 Å². The molecule has 0 radical (unpaired) electrons. The van der Waals surface area contributed by atoms with Crippen molar-refractivity contribution in [2.75, 3.05) is 17.6 Å². The molecule has 0 saturated carbocycles. The summed E-state index contributed by atoms with van der Waals surface area (Å²) in [5.74, 6) is 1.85. The highest BCUT2D eigenvalue weighted by Crippen LogP contribution is 2.05. The quantitative estimate of drug-likeness (QED) is 0.737. The maximum Gasteiger partial charge on any atom is 0.146 e. The molecule has 0 aliphatic heterocycles. The molecule has 1 aromatic heterocycles. The van der Waals surface area contributed by atoms with Crippen LogP contribution in [0.1, 0.15) is 20.3 Å². The molecule has 1 atom stereocenters. The summed E-state index contributed by atoms with van der Waals surface area (Å²) in [6.45, 7) is 5.26. The highest BCUT2D eigenvalue weighted by molar-refractivity contribution is 5.38. The molecule has 0 aromatic carbocycles. The Hall–Kier alpha value is -1.32. The third-order valence-electron chi connectivity index (χ3n) is 1.98. The third-order valence-corrected chi connectivity index (χ3v) is 1.98. The largest absolute Gasteiger partial charge is 0.382 e. The molecule has 1 unspecified atom stereocenters. The van der Waals surface area contributed by atoms with E-state index < -0.39 is 0 Å². The molecule has 0 amide bonds. The monoisotopic (exact) mass is 180 g/mol. The summed E-state index contributed by atoms with van der Waals surface area (Å²) in [7, 11) is 0. The van der Waals surface area contributed by atoms with Gasteiger partial charge in [-0.15, -0.1) is 0 Å². The van der Waals surface area contributed by atoms with E-state index in [0.717, 1.165) is 18.8 Å². The fraction of sp³-hybridized carbons (Fsp3) is 0.556. The smallest absolute Gasteiger partial charge is 0.146 e. The van der Waals surface area contributed by atoms with Crippen LogP contribution in [0.15, 0.2) is 12.4 Å². The van der Waals surface area contributed by atoms with Gasteiger partial charge in [0, 0.05) is 6.54 Å². The van der Waals surface area contributed by atoms with Crippen LogP contribution in [0.3, 0.4) is 0 Å². The molecule has 0 saturated heterocycles. The van der Waals surface area contributed by atoms with Gasteiger partial charge in [-0.1, -0.05) is 20.3 Å². The average Bonchev–Trinajstić information content (AvgIpc) is 2.14. The van der Waals surface area contributed by atoms with Crippen molar-refractivity contribution in [3.8, 4) is 0 Å². The Morgan fingerprint density at radius 1 is 1.54 bits per heavy atom. The van der Waals surface area contributed by atoms with E-state index >= 15 is 0 Å². The predicted molar refractivity (Wildman–Crippen MR) is 54.4 cm³/mol. The van der Waals surface area contributed by atoms with Gasteiger partial charge >= 0.3 is 0 Å². The minimum atomic E-state index is 0.453. The molecule has 1 heterocycles. The molecule has 0 spiro atoms. The van der Waals surface area contributed by atoms with Crippen molar-refractivity contribution in [3.63, 3.8) is 0 Å². The van der Waals surface area contributed by atoms with Gasteiger partial charge in [-0.3, -0.25) is 4.98 Å². The topological polar surface area (TPSA) is 63.8 Å². The number of nitrogens with one attached hydrogen (secondary N) is 1. The minimum absolute atomic E-state index is 0.453. The van der Waals surface area contributed by atoms with E-state index in [1.807, 2.05) is 0 Å². The van der Waals surface area contributed by atoms with Gasteiger partial charge in [-0.05, 0) is 5.92 Å². The van der Waals surface area contributed by atoms with Crippen LogP contribution in [0.2, 0.25) is 0 Å². The van der Waals surface area contributed by atoms with Gasteiger partial charge in [0.2, 0.25) is 0 Å². The molecule has 4 heteroatoms. The first kappa shape index (κ1) is 9.77. The van der Waals surface area contributed by atoms with Crippen LogP contribution >= 0.6 is 0 Å². The number of rotatable bonds is 4. The van der Waals surface area contributed by atoms with E-state index in [1.54, 1.807) is 6.20 Å². The average molecular weight is 180 g/mol. The number of nitrogens with two attached hydrogens (primary N) is 1. The van der Waals surface area contributed by atoms with Gasteiger partial charge < -0.3 is 11.1 Å². The lowest BCUT2D eigenvalue weighted by Gasteiger charge is -2.09. The van der Waals surface area contributed by atoms with Crippen LogP contribution in [-0.4, -0.2) is 16.5 Å². The second kappa shape index (κ2) is 4.64.